The van der Waals surface area contributed by atoms with Crippen LogP contribution in [-0.4, -0.2) is 34.1 Å². The van der Waals surface area contributed by atoms with Gasteiger partial charge in [0.05, 0.1) is 11.8 Å². The molecule has 0 unspecified atom stereocenters. The summed E-state index contributed by atoms with van der Waals surface area (Å²) in [4.78, 5) is 30.9. The topological polar surface area (TPSA) is 91.3 Å². The van der Waals surface area contributed by atoms with Crippen LogP contribution >= 0.6 is 11.3 Å². The maximum atomic E-state index is 12.7. The molecule has 5 rings (SSSR count). The third-order valence-corrected chi connectivity index (χ3v) is 9.07. The van der Waals surface area contributed by atoms with E-state index in [0.29, 0.717) is 11.2 Å². The van der Waals surface area contributed by atoms with Gasteiger partial charge in [0.25, 0.3) is 0 Å². The number of hydrogen-bond donors (Lipinski definition) is 3. The lowest BCUT2D eigenvalue weighted by Crippen LogP contribution is -2.53. The standard InChI is InChI=1S/C23H33N3O3S/c1-11(20(28)24-14-6-7-14)15-8-9-23(3)10-16-18(12(2)17(23)19(15)27)25-22(30-16)26-21(29)13-4-5-13/h11-15,17,19,27H,4-10H2,1-3H3,(H,24,28)(H,25,26,29)/t11-,12-,15+,17+,19-,23+/m0/s1. The Hall–Kier alpha value is -1.47. The summed E-state index contributed by atoms with van der Waals surface area (Å²) in [6, 6.07) is 0.349. The molecule has 0 bridgehead atoms. The molecule has 1 aromatic heterocycles. The predicted molar refractivity (Wildman–Crippen MR) is 116 cm³/mol. The number of carbonyl (C=O) groups excluding carboxylic acids is 2. The molecule has 3 N–H and O–H groups in total. The van der Waals surface area contributed by atoms with E-state index in [-0.39, 0.29) is 46.8 Å². The number of aliphatic hydroxyl groups is 1. The van der Waals surface area contributed by atoms with Crippen molar-refractivity contribution in [3.8, 4) is 0 Å². The third kappa shape index (κ3) is 3.58. The maximum absolute atomic E-state index is 12.7. The molecule has 164 valence electrons. The lowest BCUT2D eigenvalue weighted by atomic mass is 9.53. The van der Waals surface area contributed by atoms with Crippen LogP contribution in [0, 0.1) is 29.1 Å². The van der Waals surface area contributed by atoms with Crippen molar-refractivity contribution in [1.29, 1.82) is 0 Å². The van der Waals surface area contributed by atoms with Crippen LogP contribution in [0.4, 0.5) is 5.13 Å². The number of anilines is 1. The summed E-state index contributed by atoms with van der Waals surface area (Å²) in [5, 5.41) is 18.3. The van der Waals surface area contributed by atoms with Crippen molar-refractivity contribution < 1.29 is 14.7 Å². The number of nitrogens with zero attached hydrogens (tertiary/aromatic N) is 1. The molecule has 0 aliphatic heterocycles. The number of rotatable bonds is 5. The molecular formula is C23H33N3O3S. The summed E-state index contributed by atoms with van der Waals surface area (Å²) >= 11 is 1.61. The zero-order valence-electron chi connectivity index (χ0n) is 18.1. The highest BCUT2D eigenvalue weighted by Crippen LogP contribution is 2.57. The van der Waals surface area contributed by atoms with E-state index in [1.165, 1.54) is 4.88 Å². The van der Waals surface area contributed by atoms with Gasteiger partial charge in [-0.3, -0.25) is 9.59 Å². The number of aromatic nitrogens is 1. The van der Waals surface area contributed by atoms with E-state index in [4.69, 9.17) is 4.98 Å². The molecule has 30 heavy (non-hydrogen) atoms. The Morgan fingerprint density at radius 1 is 1.23 bits per heavy atom. The van der Waals surface area contributed by atoms with Crippen molar-refractivity contribution in [2.75, 3.05) is 5.32 Å². The lowest BCUT2D eigenvalue weighted by molar-refractivity contribution is -0.134. The molecule has 6 atom stereocenters. The SMILES string of the molecule is C[C@H](C(=O)NC1CC1)[C@H]1CC[C@]2(C)Cc3sc(NC(=O)C4CC4)nc3[C@@H](C)[C@@H]2[C@H]1O. The first-order valence-corrected chi connectivity index (χ1v) is 12.4. The highest BCUT2D eigenvalue weighted by Gasteiger charge is 2.54. The van der Waals surface area contributed by atoms with Crippen LogP contribution < -0.4 is 10.6 Å². The Balaban J connectivity index is 1.35. The van der Waals surface area contributed by atoms with Crippen molar-refractivity contribution in [3.05, 3.63) is 10.6 Å². The van der Waals surface area contributed by atoms with Gasteiger partial charge in [-0.15, -0.1) is 11.3 Å². The summed E-state index contributed by atoms with van der Waals surface area (Å²) in [6.07, 6.45) is 6.37. The van der Waals surface area contributed by atoms with Crippen LogP contribution in [0.3, 0.4) is 0 Å². The van der Waals surface area contributed by atoms with Crippen LogP contribution in [0.25, 0.3) is 0 Å². The van der Waals surface area contributed by atoms with Crippen LogP contribution in [0.15, 0.2) is 0 Å². The fourth-order valence-corrected chi connectivity index (χ4v) is 7.17. The quantitative estimate of drug-likeness (QED) is 0.666. The molecular weight excluding hydrogens is 398 g/mol. The Morgan fingerprint density at radius 3 is 2.63 bits per heavy atom. The van der Waals surface area contributed by atoms with E-state index in [2.05, 4.69) is 24.5 Å². The predicted octanol–water partition coefficient (Wildman–Crippen LogP) is 3.46. The summed E-state index contributed by atoms with van der Waals surface area (Å²) < 4.78 is 0. The molecule has 3 saturated carbocycles. The molecule has 7 heteroatoms. The third-order valence-electron chi connectivity index (χ3n) is 8.08. The lowest BCUT2D eigenvalue weighted by Gasteiger charge is -2.53. The molecule has 1 aromatic rings. The first-order chi connectivity index (χ1) is 14.3. The highest BCUT2D eigenvalue weighted by atomic mass is 32.1. The molecule has 3 fully saturated rings. The van der Waals surface area contributed by atoms with Crippen molar-refractivity contribution in [2.45, 2.75) is 83.8 Å². The van der Waals surface area contributed by atoms with Gasteiger partial charge < -0.3 is 15.7 Å². The number of carbonyl (C=O) groups is 2. The summed E-state index contributed by atoms with van der Waals surface area (Å²) in [7, 11) is 0. The second-order valence-corrected chi connectivity index (χ2v) is 11.6. The van der Waals surface area contributed by atoms with Crippen molar-refractivity contribution >= 4 is 28.3 Å². The van der Waals surface area contributed by atoms with E-state index >= 15 is 0 Å². The fraction of sp³-hybridized carbons (Fsp3) is 0.783. The number of aliphatic hydroxyl groups excluding tert-OH is 1. The van der Waals surface area contributed by atoms with E-state index in [0.717, 1.165) is 50.6 Å². The molecule has 0 saturated heterocycles. The van der Waals surface area contributed by atoms with Gasteiger partial charge in [0.2, 0.25) is 11.8 Å². The number of hydrogen-bond acceptors (Lipinski definition) is 5. The van der Waals surface area contributed by atoms with Crippen LogP contribution in [0.2, 0.25) is 0 Å². The van der Waals surface area contributed by atoms with Gasteiger partial charge in [0, 0.05) is 28.7 Å². The fourth-order valence-electron chi connectivity index (χ4n) is 5.91. The Morgan fingerprint density at radius 2 is 1.97 bits per heavy atom. The van der Waals surface area contributed by atoms with Crippen LogP contribution in [-0.2, 0) is 16.0 Å². The zero-order chi connectivity index (χ0) is 21.2. The number of amides is 2. The second kappa shape index (κ2) is 7.30. The first kappa shape index (κ1) is 20.4. The summed E-state index contributed by atoms with van der Waals surface area (Å²) in [6.45, 7) is 6.42. The number of fused-ring (bicyclic) bond motifs is 2. The minimum Gasteiger partial charge on any atom is -0.392 e. The minimum atomic E-state index is -0.516. The summed E-state index contributed by atoms with van der Waals surface area (Å²) in [5.41, 5.74) is 1.03. The van der Waals surface area contributed by atoms with E-state index in [1.54, 1.807) is 11.3 Å². The minimum absolute atomic E-state index is 0.000668. The van der Waals surface area contributed by atoms with E-state index in [9.17, 15) is 14.7 Å². The molecule has 0 radical (unpaired) electrons. The van der Waals surface area contributed by atoms with Gasteiger partial charge in [0.15, 0.2) is 5.13 Å². The van der Waals surface area contributed by atoms with Crippen LogP contribution in [0.1, 0.15) is 75.8 Å². The average Bonchev–Trinajstić information content (AvgIpc) is 3.60. The Labute approximate surface area is 182 Å². The van der Waals surface area contributed by atoms with Crippen molar-refractivity contribution in [2.24, 2.45) is 29.1 Å². The Kier molecular flexibility index (Phi) is 4.97. The number of nitrogens with one attached hydrogen (secondary N) is 2. The molecule has 4 aliphatic rings. The van der Waals surface area contributed by atoms with Crippen molar-refractivity contribution in [3.63, 3.8) is 0 Å². The van der Waals surface area contributed by atoms with Gasteiger partial charge in [-0.05, 0) is 62.2 Å². The first-order valence-electron chi connectivity index (χ1n) is 11.6. The van der Waals surface area contributed by atoms with Gasteiger partial charge in [-0.1, -0.05) is 20.8 Å². The zero-order valence-corrected chi connectivity index (χ0v) is 18.9. The van der Waals surface area contributed by atoms with Gasteiger partial charge >= 0.3 is 0 Å². The molecule has 0 aromatic carbocycles. The molecule has 2 amide bonds. The van der Waals surface area contributed by atoms with Gasteiger partial charge in [0.1, 0.15) is 0 Å². The van der Waals surface area contributed by atoms with Gasteiger partial charge in [-0.2, -0.15) is 0 Å². The maximum Gasteiger partial charge on any atom is 0.229 e. The normalized spacial score (nSPS) is 36.4. The molecule has 4 aliphatic carbocycles. The Bertz CT molecular complexity index is 862. The van der Waals surface area contributed by atoms with E-state index < -0.39 is 6.10 Å². The largest absolute Gasteiger partial charge is 0.392 e. The van der Waals surface area contributed by atoms with Crippen LogP contribution in [0.5, 0.6) is 0 Å². The second-order valence-electron chi connectivity index (χ2n) is 10.5. The highest BCUT2D eigenvalue weighted by molar-refractivity contribution is 7.15. The molecule has 1 heterocycles. The monoisotopic (exact) mass is 431 g/mol. The molecule has 0 spiro atoms. The van der Waals surface area contributed by atoms with E-state index in [1.807, 2.05) is 6.92 Å². The summed E-state index contributed by atoms with van der Waals surface area (Å²) in [5.74, 6) is 0.337. The average molecular weight is 432 g/mol. The smallest absolute Gasteiger partial charge is 0.229 e. The van der Waals surface area contributed by atoms with Gasteiger partial charge in [-0.25, -0.2) is 4.98 Å². The van der Waals surface area contributed by atoms with Crippen molar-refractivity contribution in [1.82, 2.24) is 10.3 Å². The number of thiazole rings is 1. The molecule has 6 nitrogen and oxygen atoms in total.